The van der Waals surface area contributed by atoms with Crippen molar-refractivity contribution in [1.82, 2.24) is 14.7 Å². The highest BCUT2D eigenvalue weighted by Crippen LogP contribution is 2.29. The molecule has 126 valence electrons. The largest absolute Gasteiger partial charge is 0.338 e. The van der Waals surface area contributed by atoms with Crippen LogP contribution in [-0.4, -0.2) is 45.1 Å². The zero-order valence-corrected chi connectivity index (χ0v) is 13.4. The fourth-order valence-corrected chi connectivity index (χ4v) is 2.85. The minimum atomic E-state index is -0.455. The van der Waals surface area contributed by atoms with Crippen molar-refractivity contribution >= 4 is 11.6 Å². The number of hydrogen-bond donors (Lipinski definition) is 1. The molecule has 0 radical (unpaired) electrons. The predicted molar refractivity (Wildman–Crippen MR) is 87.9 cm³/mol. The average Bonchev–Trinajstić information content (AvgIpc) is 3.22. The summed E-state index contributed by atoms with van der Waals surface area (Å²) in [6.07, 6.45) is 4.05. The molecule has 1 atom stereocenters. The van der Waals surface area contributed by atoms with Crippen molar-refractivity contribution in [2.24, 2.45) is 11.1 Å². The van der Waals surface area contributed by atoms with Crippen molar-refractivity contribution < 1.29 is 9.72 Å². The minimum Gasteiger partial charge on any atom is -0.338 e. The Bertz CT molecular complexity index is 770. The lowest BCUT2D eigenvalue weighted by molar-refractivity contribution is -0.384. The van der Waals surface area contributed by atoms with Gasteiger partial charge in [0.05, 0.1) is 22.4 Å². The Labute approximate surface area is 139 Å². The van der Waals surface area contributed by atoms with Gasteiger partial charge in [0, 0.05) is 31.4 Å². The molecule has 2 heterocycles. The maximum absolute atomic E-state index is 12.6. The van der Waals surface area contributed by atoms with Gasteiger partial charge in [-0.25, -0.2) is 4.68 Å². The van der Waals surface area contributed by atoms with E-state index in [1.807, 2.05) is 0 Å². The Balaban J connectivity index is 1.76. The van der Waals surface area contributed by atoms with E-state index in [0.717, 1.165) is 6.42 Å². The number of carbonyl (C=O) groups is 1. The summed E-state index contributed by atoms with van der Waals surface area (Å²) in [6.45, 7) is 3.97. The van der Waals surface area contributed by atoms with Gasteiger partial charge in [-0.15, -0.1) is 0 Å². The van der Waals surface area contributed by atoms with Gasteiger partial charge in [-0.05, 0) is 30.5 Å². The summed E-state index contributed by atoms with van der Waals surface area (Å²) in [7, 11) is 0. The first-order chi connectivity index (χ1) is 11.4. The van der Waals surface area contributed by atoms with E-state index in [0.29, 0.717) is 30.9 Å². The van der Waals surface area contributed by atoms with Crippen LogP contribution in [0.2, 0.25) is 0 Å². The van der Waals surface area contributed by atoms with Crippen LogP contribution < -0.4 is 5.73 Å². The van der Waals surface area contributed by atoms with E-state index in [9.17, 15) is 14.9 Å². The fourth-order valence-electron chi connectivity index (χ4n) is 2.85. The van der Waals surface area contributed by atoms with Gasteiger partial charge in [0.15, 0.2) is 0 Å². The molecule has 2 aromatic rings. The van der Waals surface area contributed by atoms with Gasteiger partial charge < -0.3 is 10.6 Å². The summed E-state index contributed by atoms with van der Waals surface area (Å²) in [5.74, 6) is -0.0691. The summed E-state index contributed by atoms with van der Waals surface area (Å²) < 4.78 is 1.54. The van der Waals surface area contributed by atoms with Gasteiger partial charge >= 0.3 is 0 Å². The zero-order valence-electron chi connectivity index (χ0n) is 13.4. The molecular weight excluding hydrogens is 310 g/mol. The van der Waals surface area contributed by atoms with Crippen molar-refractivity contribution in [1.29, 1.82) is 0 Å². The fraction of sp³-hybridized carbons (Fsp3) is 0.375. The third-order valence-corrected chi connectivity index (χ3v) is 4.49. The molecule has 1 saturated heterocycles. The summed E-state index contributed by atoms with van der Waals surface area (Å²) in [5, 5.41) is 14.9. The number of rotatable bonds is 4. The second-order valence-corrected chi connectivity index (χ2v) is 6.44. The molecule has 0 bridgehead atoms. The van der Waals surface area contributed by atoms with Crippen LogP contribution in [0.25, 0.3) is 5.69 Å². The molecule has 8 nitrogen and oxygen atoms in total. The van der Waals surface area contributed by atoms with E-state index in [1.54, 1.807) is 23.2 Å². The van der Waals surface area contributed by atoms with E-state index in [1.165, 1.54) is 23.0 Å². The minimum absolute atomic E-state index is 0.0142. The van der Waals surface area contributed by atoms with E-state index in [-0.39, 0.29) is 17.0 Å². The summed E-state index contributed by atoms with van der Waals surface area (Å²) >= 11 is 0. The Morgan fingerprint density at radius 2 is 2.12 bits per heavy atom. The van der Waals surface area contributed by atoms with Crippen molar-refractivity contribution in [2.75, 3.05) is 19.6 Å². The quantitative estimate of drug-likeness (QED) is 0.677. The van der Waals surface area contributed by atoms with Crippen LogP contribution in [0.5, 0.6) is 0 Å². The molecule has 3 rings (SSSR count). The maximum Gasteiger partial charge on any atom is 0.269 e. The monoisotopic (exact) mass is 329 g/mol. The molecule has 0 spiro atoms. The van der Waals surface area contributed by atoms with Gasteiger partial charge in [0.2, 0.25) is 0 Å². The van der Waals surface area contributed by atoms with Crippen molar-refractivity contribution in [3.05, 3.63) is 52.3 Å². The summed E-state index contributed by atoms with van der Waals surface area (Å²) in [4.78, 5) is 24.6. The number of nitrogens with two attached hydrogens (primary N) is 1. The third kappa shape index (κ3) is 3.00. The van der Waals surface area contributed by atoms with Crippen LogP contribution in [0.1, 0.15) is 23.7 Å². The second kappa shape index (κ2) is 6.04. The smallest absolute Gasteiger partial charge is 0.269 e. The maximum atomic E-state index is 12.6. The van der Waals surface area contributed by atoms with Crippen LogP contribution in [0.3, 0.4) is 0 Å². The lowest BCUT2D eigenvalue weighted by atomic mass is 9.90. The van der Waals surface area contributed by atoms with Crippen LogP contribution in [0.4, 0.5) is 5.69 Å². The number of non-ortho nitro benzene ring substituents is 1. The van der Waals surface area contributed by atoms with Gasteiger partial charge in [0.1, 0.15) is 0 Å². The Morgan fingerprint density at radius 3 is 2.71 bits per heavy atom. The first-order valence-corrected chi connectivity index (χ1v) is 7.71. The number of carbonyl (C=O) groups excluding carboxylic acids is 1. The topological polar surface area (TPSA) is 107 Å². The average molecular weight is 329 g/mol. The normalized spacial score (nSPS) is 20.3. The number of amides is 1. The highest BCUT2D eigenvalue weighted by atomic mass is 16.6. The van der Waals surface area contributed by atoms with Crippen LogP contribution in [0, 0.1) is 15.5 Å². The summed E-state index contributed by atoms with van der Waals surface area (Å²) in [6, 6.07) is 6.01. The van der Waals surface area contributed by atoms with Crippen molar-refractivity contribution in [3.63, 3.8) is 0 Å². The number of nitro benzene ring substituents is 1. The number of nitro groups is 1. The highest BCUT2D eigenvalue weighted by molar-refractivity contribution is 5.94. The standard InChI is InChI=1S/C16H19N5O3/c1-16(10-17)6-7-19(11-16)15(22)12-8-18-20(9-12)13-2-4-14(5-3-13)21(23)24/h2-5,8-9H,6-7,10-11,17H2,1H3. The van der Waals surface area contributed by atoms with E-state index >= 15 is 0 Å². The Kier molecular flexibility index (Phi) is 4.06. The number of nitrogens with zero attached hydrogens (tertiary/aromatic N) is 4. The SMILES string of the molecule is CC1(CN)CCN(C(=O)c2cnn(-c3ccc([N+](=O)[O-])cc3)c2)C1. The van der Waals surface area contributed by atoms with Gasteiger partial charge in [0.25, 0.3) is 11.6 Å². The highest BCUT2D eigenvalue weighted by Gasteiger charge is 2.35. The van der Waals surface area contributed by atoms with Crippen molar-refractivity contribution in [2.45, 2.75) is 13.3 Å². The molecule has 1 aliphatic rings. The van der Waals surface area contributed by atoms with E-state index in [4.69, 9.17) is 5.73 Å². The van der Waals surface area contributed by atoms with Crippen LogP contribution in [0.15, 0.2) is 36.7 Å². The zero-order chi connectivity index (χ0) is 17.3. The van der Waals surface area contributed by atoms with Gasteiger partial charge in [-0.1, -0.05) is 6.92 Å². The number of likely N-dealkylation sites (tertiary alicyclic amines) is 1. The molecule has 0 saturated carbocycles. The van der Waals surface area contributed by atoms with E-state index in [2.05, 4.69) is 12.0 Å². The molecule has 1 aliphatic heterocycles. The van der Waals surface area contributed by atoms with Crippen LogP contribution in [-0.2, 0) is 0 Å². The molecule has 24 heavy (non-hydrogen) atoms. The third-order valence-electron chi connectivity index (χ3n) is 4.49. The lowest BCUT2D eigenvalue weighted by Crippen LogP contribution is -2.34. The molecular formula is C16H19N5O3. The molecule has 1 aromatic heterocycles. The van der Waals surface area contributed by atoms with Crippen molar-refractivity contribution in [3.8, 4) is 5.69 Å². The molecule has 8 heteroatoms. The molecule has 1 unspecified atom stereocenters. The number of hydrogen-bond acceptors (Lipinski definition) is 5. The van der Waals surface area contributed by atoms with Gasteiger partial charge in [-0.2, -0.15) is 5.10 Å². The Hall–Kier alpha value is -2.74. The first-order valence-electron chi connectivity index (χ1n) is 7.71. The number of aromatic nitrogens is 2. The molecule has 2 N–H and O–H groups in total. The van der Waals surface area contributed by atoms with E-state index < -0.39 is 4.92 Å². The molecule has 1 fully saturated rings. The first kappa shape index (κ1) is 16.1. The molecule has 1 amide bonds. The second-order valence-electron chi connectivity index (χ2n) is 6.44. The summed E-state index contributed by atoms with van der Waals surface area (Å²) in [5.41, 5.74) is 6.93. The van der Waals surface area contributed by atoms with Gasteiger partial charge in [-0.3, -0.25) is 14.9 Å². The predicted octanol–water partition coefficient (Wildman–Crippen LogP) is 1.59. The lowest BCUT2D eigenvalue weighted by Gasteiger charge is -2.22. The molecule has 0 aliphatic carbocycles. The van der Waals surface area contributed by atoms with Crippen LogP contribution >= 0.6 is 0 Å². The Morgan fingerprint density at radius 1 is 1.42 bits per heavy atom. The molecule has 1 aromatic carbocycles. The number of benzene rings is 1.